The maximum absolute atomic E-state index is 12.9. The minimum absolute atomic E-state index is 0.0151. The summed E-state index contributed by atoms with van der Waals surface area (Å²) >= 11 is 0. The smallest absolute Gasteiger partial charge is 0.394 e. The van der Waals surface area contributed by atoms with Gasteiger partial charge in [-0.15, -0.1) is 0 Å². The van der Waals surface area contributed by atoms with Gasteiger partial charge in [0.25, 0.3) is 0 Å². The largest absolute Gasteiger partial charge is 0.395 e. The molecule has 3 rings (SSSR count). The van der Waals surface area contributed by atoms with Crippen molar-refractivity contribution in [3.05, 3.63) is 0 Å². The molecular weight excluding hydrogens is 327 g/mol. The quantitative estimate of drug-likeness (QED) is 0.808. The monoisotopic (exact) mass is 341 g/mol. The molecule has 0 aromatic carbocycles. The van der Waals surface area contributed by atoms with E-state index in [1.165, 1.54) is 0 Å². The van der Waals surface area contributed by atoms with Crippen LogP contribution in [0.5, 0.6) is 0 Å². The van der Waals surface area contributed by atoms with Crippen molar-refractivity contribution in [1.29, 1.82) is 0 Å². The first kappa shape index (κ1) is 15.5. The van der Waals surface area contributed by atoms with E-state index >= 15 is 0 Å². The molecule has 22 heavy (non-hydrogen) atoms. The summed E-state index contributed by atoms with van der Waals surface area (Å²) in [7, 11) is -4.27. The Bertz CT molecular complexity index is 648. The van der Waals surface area contributed by atoms with E-state index in [2.05, 4.69) is 10.2 Å². The number of ether oxygens (including phenoxy) is 1. The summed E-state index contributed by atoms with van der Waals surface area (Å²) in [6.45, 7) is 1.77. The Morgan fingerprint density at radius 1 is 1.18 bits per heavy atom. The summed E-state index contributed by atoms with van der Waals surface area (Å²) in [6, 6.07) is -0.0151. The first-order valence-corrected chi connectivity index (χ1v) is 8.34. The number of anilines is 1. The first-order chi connectivity index (χ1) is 10.2. The highest BCUT2D eigenvalue weighted by Crippen LogP contribution is 2.58. The van der Waals surface area contributed by atoms with Gasteiger partial charge in [0.1, 0.15) is 0 Å². The Kier molecular flexibility index (Phi) is 3.59. The molecule has 0 atom stereocenters. The van der Waals surface area contributed by atoms with Gasteiger partial charge in [0.2, 0.25) is 9.84 Å². The molecule has 1 aliphatic heterocycles. The van der Waals surface area contributed by atoms with Gasteiger partial charge in [-0.2, -0.15) is 13.2 Å². The third-order valence-electron chi connectivity index (χ3n) is 3.86. The molecule has 0 unspecified atom stereocenters. The molecule has 2 heterocycles. The SMILES string of the molecule is O=S(=O)(CC1(C(F)(F)F)CC1)c1nnc(N2CCOCC2)o1. The number of sulfone groups is 1. The fraction of sp³-hybridized carbons (Fsp3) is 0.818. The average molecular weight is 341 g/mol. The molecule has 2 aliphatic rings. The zero-order chi connectivity index (χ0) is 16.0. The van der Waals surface area contributed by atoms with Crippen LogP contribution in [0.2, 0.25) is 0 Å². The summed E-state index contributed by atoms with van der Waals surface area (Å²) in [5, 5.41) is 6.25. The highest BCUT2D eigenvalue weighted by Gasteiger charge is 2.65. The fourth-order valence-corrected chi connectivity index (χ4v) is 3.97. The van der Waals surface area contributed by atoms with Crippen molar-refractivity contribution < 1.29 is 30.7 Å². The third-order valence-corrected chi connectivity index (χ3v) is 5.49. The summed E-state index contributed by atoms with van der Waals surface area (Å²) in [6.07, 6.45) is -4.94. The molecule has 0 radical (unpaired) electrons. The average Bonchev–Trinajstić information content (AvgIpc) is 3.04. The van der Waals surface area contributed by atoms with Gasteiger partial charge in [-0.1, -0.05) is 10.2 Å². The highest BCUT2D eigenvalue weighted by molar-refractivity contribution is 7.91. The molecule has 1 aromatic heterocycles. The van der Waals surface area contributed by atoms with Crippen molar-refractivity contribution in [3.63, 3.8) is 0 Å². The standard InChI is InChI=1S/C11H14F3N3O4S/c12-11(13,14)10(1-2-10)7-22(18,19)9-16-15-8(21-9)17-3-5-20-6-4-17/h1-7H2. The van der Waals surface area contributed by atoms with E-state index < -0.39 is 32.4 Å². The molecule has 1 saturated heterocycles. The van der Waals surface area contributed by atoms with Crippen LogP contribution in [0, 0.1) is 5.41 Å². The molecule has 0 bridgehead atoms. The topological polar surface area (TPSA) is 85.5 Å². The molecule has 0 N–H and O–H groups in total. The van der Waals surface area contributed by atoms with Crippen LogP contribution in [0.3, 0.4) is 0 Å². The van der Waals surface area contributed by atoms with Crippen LogP contribution in [0.15, 0.2) is 9.64 Å². The van der Waals surface area contributed by atoms with Gasteiger partial charge in [0.05, 0.1) is 24.4 Å². The summed E-state index contributed by atoms with van der Waals surface area (Å²) < 4.78 is 73.0. The van der Waals surface area contributed by atoms with Crippen LogP contribution in [0.4, 0.5) is 19.2 Å². The van der Waals surface area contributed by atoms with Crippen LogP contribution >= 0.6 is 0 Å². The van der Waals surface area contributed by atoms with Crippen molar-refractivity contribution in [2.75, 3.05) is 37.0 Å². The zero-order valence-corrected chi connectivity index (χ0v) is 12.3. The number of morpholine rings is 1. The lowest BCUT2D eigenvalue weighted by molar-refractivity contribution is -0.180. The Hall–Kier alpha value is -1.36. The Labute approximate surface area is 124 Å². The van der Waals surface area contributed by atoms with Gasteiger partial charge in [-0.3, -0.25) is 0 Å². The lowest BCUT2D eigenvalue weighted by Crippen LogP contribution is -2.36. The van der Waals surface area contributed by atoms with E-state index in [9.17, 15) is 21.6 Å². The predicted molar refractivity (Wildman–Crippen MR) is 67.1 cm³/mol. The van der Waals surface area contributed by atoms with Crippen LogP contribution in [0.25, 0.3) is 0 Å². The van der Waals surface area contributed by atoms with Gasteiger partial charge in [-0.25, -0.2) is 8.42 Å². The Morgan fingerprint density at radius 3 is 2.36 bits per heavy atom. The summed E-state index contributed by atoms with van der Waals surface area (Å²) in [5.41, 5.74) is -2.17. The van der Waals surface area contributed by atoms with Crippen molar-refractivity contribution in [2.45, 2.75) is 24.2 Å². The van der Waals surface area contributed by atoms with Crippen molar-refractivity contribution in [2.24, 2.45) is 5.41 Å². The molecule has 7 nitrogen and oxygen atoms in total. The number of rotatable bonds is 4. The van der Waals surface area contributed by atoms with Crippen molar-refractivity contribution in [3.8, 4) is 0 Å². The lowest BCUT2D eigenvalue weighted by atomic mass is 10.1. The molecule has 2 fully saturated rings. The third kappa shape index (κ3) is 2.78. The van der Waals surface area contributed by atoms with E-state index in [0.29, 0.717) is 26.3 Å². The predicted octanol–water partition coefficient (Wildman–Crippen LogP) is 1.02. The number of aromatic nitrogens is 2. The van der Waals surface area contributed by atoms with Gasteiger partial charge >= 0.3 is 17.4 Å². The van der Waals surface area contributed by atoms with E-state index in [1.54, 1.807) is 4.90 Å². The minimum Gasteiger partial charge on any atom is -0.394 e. The number of hydrogen-bond donors (Lipinski definition) is 0. The molecule has 1 aliphatic carbocycles. The molecule has 0 spiro atoms. The van der Waals surface area contributed by atoms with Gasteiger partial charge in [0, 0.05) is 13.1 Å². The first-order valence-electron chi connectivity index (χ1n) is 6.69. The maximum atomic E-state index is 12.9. The lowest BCUT2D eigenvalue weighted by Gasteiger charge is -2.24. The fourth-order valence-electron chi connectivity index (χ4n) is 2.30. The normalized spacial score (nSPS) is 21.9. The van der Waals surface area contributed by atoms with E-state index in [4.69, 9.17) is 9.15 Å². The molecule has 1 saturated carbocycles. The van der Waals surface area contributed by atoms with Crippen LogP contribution in [0.1, 0.15) is 12.8 Å². The van der Waals surface area contributed by atoms with Crippen molar-refractivity contribution in [1.82, 2.24) is 10.2 Å². The number of nitrogens with zero attached hydrogens (tertiary/aromatic N) is 3. The molecule has 0 amide bonds. The van der Waals surface area contributed by atoms with Crippen LogP contribution in [-0.2, 0) is 14.6 Å². The van der Waals surface area contributed by atoms with Gasteiger partial charge in [0.15, 0.2) is 0 Å². The van der Waals surface area contributed by atoms with Crippen LogP contribution < -0.4 is 4.90 Å². The van der Waals surface area contributed by atoms with E-state index in [-0.39, 0.29) is 18.9 Å². The summed E-state index contributed by atoms with van der Waals surface area (Å²) in [5.74, 6) is -1.05. The number of alkyl halides is 3. The molecular formula is C11H14F3N3O4S. The Balaban J connectivity index is 1.77. The Morgan fingerprint density at radius 2 is 1.82 bits per heavy atom. The van der Waals surface area contributed by atoms with Gasteiger partial charge < -0.3 is 14.1 Å². The maximum Gasteiger partial charge on any atom is 0.395 e. The second kappa shape index (κ2) is 5.08. The van der Waals surface area contributed by atoms with Gasteiger partial charge in [-0.05, 0) is 12.8 Å². The highest BCUT2D eigenvalue weighted by atomic mass is 32.2. The molecule has 11 heteroatoms. The van der Waals surface area contributed by atoms with E-state index in [1.807, 2.05) is 0 Å². The van der Waals surface area contributed by atoms with Crippen molar-refractivity contribution >= 4 is 15.9 Å². The minimum atomic E-state index is -4.55. The van der Waals surface area contributed by atoms with Crippen LogP contribution in [-0.4, -0.2) is 56.8 Å². The zero-order valence-electron chi connectivity index (χ0n) is 11.5. The number of halogens is 3. The second-order valence-corrected chi connectivity index (χ2v) is 7.35. The second-order valence-electron chi connectivity index (χ2n) is 5.49. The summed E-state index contributed by atoms with van der Waals surface area (Å²) in [4.78, 5) is 1.63. The molecule has 1 aromatic rings. The number of hydrogen-bond acceptors (Lipinski definition) is 7. The van der Waals surface area contributed by atoms with E-state index in [0.717, 1.165) is 0 Å². The molecule has 124 valence electrons.